The van der Waals surface area contributed by atoms with Crippen LogP contribution in [0.3, 0.4) is 0 Å². The molecule has 20 heavy (non-hydrogen) atoms. The van der Waals surface area contributed by atoms with Crippen LogP contribution in [-0.2, 0) is 10.2 Å². The Kier molecular flexibility index (Phi) is 3.05. The fourth-order valence-corrected chi connectivity index (χ4v) is 2.49. The van der Waals surface area contributed by atoms with Gasteiger partial charge in [0.2, 0.25) is 5.91 Å². The maximum absolute atomic E-state index is 12.5. The van der Waals surface area contributed by atoms with Crippen LogP contribution in [0.1, 0.15) is 29.5 Å². The maximum atomic E-state index is 12.5. The first-order chi connectivity index (χ1) is 9.60. The first-order valence-electron chi connectivity index (χ1n) is 6.91. The fraction of sp³-hybridized carbons (Fsp3) is 0.294. The van der Waals surface area contributed by atoms with Gasteiger partial charge in [-0.15, -0.1) is 0 Å². The molecule has 0 spiro atoms. The second-order valence-electron chi connectivity index (χ2n) is 5.63. The van der Waals surface area contributed by atoms with E-state index in [-0.39, 0.29) is 11.3 Å². The van der Waals surface area contributed by atoms with E-state index in [1.165, 1.54) is 5.56 Å². The summed E-state index contributed by atoms with van der Waals surface area (Å²) in [5.41, 5.74) is 3.04. The van der Waals surface area contributed by atoms with Crippen LogP contribution in [0, 0.1) is 13.8 Å². The van der Waals surface area contributed by atoms with Crippen molar-refractivity contribution in [3.8, 4) is 0 Å². The Bertz CT molecular complexity index is 642. The highest BCUT2D eigenvalue weighted by Crippen LogP contribution is 2.49. The third-order valence-electron chi connectivity index (χ3n) is 3.91. The van der Waals surface area contributed by atoms with Crippen LogP contribution in [-0.4, -0.2) is 10.9 Å². The molecule has 1 heterocycles. The molecule has 3 rings (SSSR count). The standard InChI is InChI=1S/C17H18N2O/c1-12-4-3-5-14(10-12)17(8-9-17)16(20)19-15-7-6-13(2)11-18-15/h3-7,10-11H,8-9H2,1-2H3,(H,18,19,20). The molecule has 1 aliphatic carbocycles. The van der Waals surface area contributed by atoms with Gasteiger partial charge in [-0.2, -0.15) is 0 Å². The van der Waals surface area contributed by atoms with Crippen LogP contribution in [0.15, 0.2) is 42.6 Å². The van der Waals surface area contributed by atoms with Gasteiger partial charge in [0.15, 0.2) is 0 Å². The minimum Gasteiger partial charge on any atom is -0.310 e. The number of hydrogen-bond acceptors (Lipinski definition) is 2. The van der Waals surface area contributed by atoms with Crippen LogP contribution < -0.4 is 5.32 Å². The number of amides is 1. The summed E-state index contributed by atoms with van der Waals surface area (Å²) >= 11 is 0. The van der Waals surface area contributed by atoms with Gasteiger partial charge in [-0.05, 0) is 43.9 Å². The zero-order valence-electron chi connectivity index (χ0n) is 11.8. The van der Waals surface area contributed by atoms with E-state index in [1.807, 2.05) is 31.2 Å². The molecule has 1 amide bonds. The third-order valence-corrected chi connectivity index (χ3v) is 3.91. The van der Waals surface area contributed by atoms with Gasteiger partial charge in [-0.3, -0.25) is 4.79 Å². The van der Waals surface area contributed by atoms with Gasteiger partial charge in [0, 0.05) is 6.20 Å². The van der Waals surface area contributed by atoms with E-state index in [1.54, 1.807) is 6.20 Å². The number of hydrogen-bond donors (Lipinski definition) is 1. The first kappa shape index (κ1) is 12.9. The highest BCUT2D eigenvalue weighted by atomic mass is 16.2. The number of aryl methyl sites for hydroxylation is 2. The van der Waals surface area contributed by atoms with Crippen molar-refractivity contribution >= 4 is 11.7 Å². The molecule has 102 valence electrons. The second-order valence-corrected chi connectivity index (χ2v) is 5.63. The van der Waals surface area contributed by atoms with Crippen LogP contribution in [0.5, 0.6) is 0 Å². The summed E-state index contributed by atoms with van der Waals surface area (Å²) in [6, 6.07) is 12.0. The molecule has 1 aromatic carbocycles. The first-order valence-corrected chi connectivity index (χ1v) is 6.91. The van der Waals surface area contributed by atoms with E-state index < -0.39 is 0 Å². The number of rotatable bonds is 3. The minimum atomic E-state index is -0.349. The summed E-state index contributed by atoms with van der Waals surface area (Å²) in [5, 5.41) is 2.94. The molecule has 3 nitrogen and oxygen atoms in total. The quantitative estimate of drug-likeness (QED) is 0.925. The van der Waals surface area contributed by atoms with Crippen molar-refractivity contribution in [1.82, 2.24) is 4.98 Å². The lowest BCUT2D eigenvalue weighted by molar-refractivity contribution is -0.118. The molecule has 0 aliphatic heterocycles. The van der Waals surface area contributed by atoms with Crippen molar-refractivity contribution < 1.29 is 4.79 Å². The van der Waals surface area contributed by atoms with E-state index in [0.717, 1.165) is 24.0 Å². The van der Waals surface area contributed by atoms with Gasteiger partial charge < -0.3 is 5.32 Å². The summed E-state index contributed by atoms with van der Waals surface area (Å²) in [5.74, 6) is 0.680. The van der Waals surface area contributed by atoms with Crippen molar-refractivity contribution in [1.29, 1.82) is 0 Å². The number of nitrogens with zero attached hydrogens (tertiary/aromatic N) is 1. The molecular formula is C17H18N2O. The lowest BCUT2D eigenvalue weighted by Crippen LogP contribution is -2.28. The normalized spacial score (nSPS) is 15.7. The third kappa shape index (κ3) is 2.31. The molecule has 1 aromatic heterocycles. The molecule has 0 bridgehead atoms. The van der Waals surface area contributed by atoms with Gasteiger partial charge in [0.05, 0.1) is 5.41 Å². The number of nitrogens with one attached hydrogen (secondary N) is 1. The van der Waals surface area contributed by atoms with Gasteiger partial charge >= 0.3 is 0 Å². The average Bonchev–Trinajstić information content (AvgIpc) is 3.23. The molecule has 2 aromatic rings. The van der Waals surface area contributed by atoms with Crippen molar-refractivity contribution in [2.45, 2.75) is 32.1 Å². The topological polar surface area (TPSA) is 42.0 Å². The Morgan fingerprint density at radius 2 is 1.95 bits per heavy atom. The van der Waals surface area contributed by atoms with Gasteiger partial charge in [0.25, 0.3) is 0 Å². The largest absolute Gasteiger partial charge is 0.310 e. The molecule has 0 radical (unpaired) electrons. The second kappa shape index (κ2) is 4.75. The monoisotopic (exact) mass is 266 g/mol. The van der Waals surface area contributed by atoms with E-state index in [0.29, 0.717) is 5.82 Å². The zero-order valence-corrected chi connectivity index (χ0v) is 11.8. The summed E-state index contributed by atoms with van der Waals surface area (Å²) < 4.78 is 0. The van der Waals surface area contributed by atoms with Crippen molar-refractivity contribution in [3.63, 3.8) is 0 Å². The molecule has 3 heteroatoms. The van der Waals surface area contributed by atoms with Crippen molar-refractivity contribution in [2.24, 2.45) is 0 Å². The highest BCUT2D eigenvalue weighted by molar-refractivity contribution is 6.00. The van der Waals surface area contributed by atoms with Crippen LogP contribution in [0.2, 0.25) is 0 Å². The summed E-state index contributed by atoms with van der Waals surface area (Å²) in [4.78, 5) is 16.8. The fourth-order valence-electron chi connectivity index (χ4n) is 2.49. The number of anilines is 1. The number of carbonyl (C=O) groups is 1. The van der Waals surface area contributed by atoms with E-state index in [9.17, 15) is 4.79 Å². The predicted molar refractivity (Wildman–Crippen MR) is 79.7 cm³/mol. The lowest BCUT2D eigenvalue weighted by Gasteiger charge is -2.16. The number of aromatic nitrogens is 1. The van der Waals surface area contributed by atoms with Crippen molar-refractivity contribution in [3.05, 3.63) is 59.3 Å². The Hall–Kier alpha value is -2.16. The molecule has 1 aliphatic rings. The average molecular weight is 266 g/mol. The number of carbonyl (C=O) groups excluding carboxylic acids is 1. The van der Waals surface area contributed by atoms with Crippen LogP contribution >= 0.6 is 0 Å². The highest BCUT2D eigenvalue weighted by Gasteiger charge is 2.51. The Balaban J connectivity index is 1.81. The van der Waals surface area contributed by atoms with Crippen LogP contribution in [0.25, 0.3) is 0 Å². The minimum absolute atomic E-state index is 0.0550. The van der Waals surface area contributed by atoms with E-state index >= 15 is 0 Å². The van der Waals surface area contributed by atoms with E-state index in [4.69, 9.17) is 0 Å². The number of pyridine rings is 1. The smallest absolute Gasteiger partial charge is 0.236 e. The summed E-state index contributed by atoms with van der Waals surface area (Å²) in [6.07, 6.45) is 3.59. The summed E-state index contributed by atoms with van der Waals surface area (Å²) in [7, 11) is 0. The lowest BCUT2D eigenvalue weighted by atomic mass is 9.93. The molecule has 1 N–H and O–H groups in total. The van der Waals surface area contributed by atoms with E-state index in [2.05, 4.69) is 29.4 Å². The molecular weight excluding hydrogens is 248 g/mol. The Labute approximate surface area is 119 Å². The van der Waals surface area contributed by atoms with Crippen molar-refractivity contribution in [2.75, 3.05) is 5.32 Å². The van der Waals surface area contributed by atoms with Gasteiger partial charge in [-0.25, -0.2) is 4.98 Å². The molecule has 1 saturated carbocycles. The van der Waals surface area contributed by atoms with Gasteiger partial charge in [0.1, 0.15) is 5.82 Å². The maximum Gasteiger partial charge on any atom is 0.236 e. The van der Waals surface area contributed by atoms with Crippen LogP contribution in [0.4, 0.5) is 5.82 Å². The summed E-state index contributed by atoms with van der Waals surface area (Å²) in [6.45, 7) is 4.03. The Morgan fingerprint density at radius 3 is 2.55 bits per heavy atom. The zero-order chi connectivity index (χ0) is 14.2. The Morgan fingerprint density at radius 1 is 1.15 bits per heavy atom. The predicted octanol–water partition coefficient (Wildman–Crippen LogP) is 3.37. The SMILES string of the molecule is Cc1ccc(NC(=O)C2(c3cccc(C)c3)CC2)nc1. The number of benzene rings is 1. The molecule has 0 atom stereocenters. The van der Waals surface area contributed by atoms with Gasteiger partial charge in [-0.1, -0.05) is 35.9 Å². The molecule has 0 saturated heterocycles. The molecule has 1 fully saturated rings. The molecule has 0 unspecified atom stereocenters.